The molecule has 0 unspecified atom stereocenters. The molecule has 152 valence electrons. The Hall–Kier alpha value is -3.20. The van der Waals surface area contributed by atoms with E-state index in [1.165, 1.54) is 0 Å². The summed E-state index contributed by atoms with van der Waals surface area (Å²) in [5.74, 6) is 1.51. The fraction of sp³-hybridized carbons (Fsp3) is 0.400. The van der Waals surface area contributed by atoms with Crippen LogP contribution in [0.15, 0.2) is 24.3 Å². The smallest absolute Gasteiger partial charge is 0.319 e. The van der Waals surface area contributed by atoms with E-state index >= 15 is 0 Å². The maximum absolute atomic E-state index is 11.7. The third kappa shape index (κ3) is 3.86. The summed E-state index contributed by atoms with van der Waals surface area (Å²) < 4.78 is 7.34. The molecule has 9 nitrogen and oxygen atoms in total. The minimum atomic E-state index is -0.224. The fourth-order valence-electron chi connectivity index (χ4n) is 3.48. The first kappa shape index (κ1) is 19.1. The van der Waals surface area contributed by atoms with Gasteiger partial charge in [0.15, 0.2) is 11.6 Å². The van der Waals surface area contributed by atoms with Gasteiger partial charge in [-0.25, -0.2) is 14.8 Å². The molecule has 1 fully saturated rings. The molecule has 3 aromatic rings. The van der Waals surface area contributed by atoms with E-state index in [9.17, 15) is 4.79 Å². The van der Waals surface area contributed by atoms with E-state index in [0.717, 1.165) is 41.2 Å². The second kappa shape index (κ2) is 8.04. The quantitative estimate of drug-likeness (QED) is 0.704. The van der Waals surface area contributed by atoms with Crippen molar-refractivity contribution in [3.8, 4) is 11.4 Å². The molecule has 2 N–H and O–H groups in total. The van der Waals surface area contributed by atoms with Gasteiger partial charge in [0.2, 0.25) is 0 Å². The molecule has 1 aliphatic rings. The summed E-state index contributed by atoms with van der Waals surface area (Å²) in [5.41, 5.74) is 4.25. The zero-order chi connectivity index (χ0) is 20.4. The van der Waals surface area contributed by atoms with Crippen LogP contribution in [-0.4, -0.2) is 58.6 Å². The molecule has 3 heterocycles. The van der Waals surface area contributed by atoms with E-state index in [1.54, 1.807) is 0 Å². The predicted molar refractivity (Wildman–Crippen MR) is 112 cm³/mol. The van der Waals surface area contributed by atoms with Crippen LogP contribution >= 0.6 is 0 Å². The second-order valence-corrected chi connectivity index (χ2v) is 6.94. The molecule has 0 aliphatic carbocycles. The summed E-state index contributed by atoms with van der Waals surface area (Å²) in [6.45, 7) is 7.34. The lowest BCUT2D eigenvalue weighted by Crippen LogP contribution is -2.37. The van der Waals surface area contributed by atoms with Crippen LogP contribution in [-0.2, 0) is 11.8 Å². The Bertz CT molecular complexity index is 1020. The summed E-state index contributed by atoms with van der Waals surface area (Å²) in [5, 5.41) is 10.1. The van der Waals surface area contributed by atoms with Crippen molar-refractivity contribution in [1.82, 2.24) is 25.1 Å². The van der Waals surface area contributed by atoms with Crippen molar-refractivity contribution < 1.29 is 9.53 Å². The number of amides is 2. The van der Waals surface area contributed by atoms with Crippen LogP contribution in [0.5, 0.6) is 0 Å². The number of anilines is 2. The zero-order valence-electron chi connectivity index (χ0n) is 16.9. The number of benzene rings is 1. The number of rotatable bonds is 4. The number of nitrogens with zero attached hydrogens (tertiary/aromatic N) is 5. The van der Waals surface area contributed by atoms with Crippen LogP contribution in [0.25, 0.3) is 22.4 Å². The molecular weight excluding hydrogens is 370 g/mol. The lowest BCUT2D eigenvalue weighted by molar-refractivity contribution is 0.122. The predicted octanol–water partition coefficient (Wildman–Crippen LogP) is 2.32. The lowest BCUT2D eigenvalue weighted by atomic mass is 10.2. The van der Waals surface area contributed by atoms with Gasteiger partial charge in [-0.2, -0.15) is 5.10 Å². The van der Waals surface area contributed by atoms with Crippen molar-refractivity contribution in [3.05, 3.63) is 30.0 Å². The molecule has 0 spiro atoms. The number of ether oxygens (including phenoxy) is 1. The van der Waals surface area contributed by atoms with Gasteiger partial charge in [0.1, 0.15) is 11.0 Å². The van der Waals surface area contributed by atoms with E-state index in [1.807, 2.05) is 49.8 Å². The van der Waals surface area contributed by atoms with Gasteiger partial charge in [-0.3, -0.25) is 4.68 Å². The summed E-state index contributed by atoms with van der Waals surface area (Å²) in [4.78, 5) is 23.6. The first-order valence-electron chi connectivity index (χ1n) is 9.76. The van der Waals surface area contributed by atoms with Crippen LogP contribution in [0.1, 0.15) is 12.6 Å². The van der Waals surface area contributed by atoms with Crippen molar-refractivity contribution in [3.63, 3.8) is 0 Å². The zero-order valence-corrected chi connectivity index (χ0v) is 16.9. The van der Waals surface area contributed by atoms with E-state index in [-0.39, 0.29) is 6.03 Å². The second-order valence-electron chi connectivity index (χ2n) is 6.94. The molecule has 0 radical (unpaired) electrons. The highest BCUT2D eigenvalue weighted by Gasteiger charge is 2.22. The standard InChI is InChI=1S/C20H25N7O2/c1-4-21-20(28)22-15-7-5-14(6-8-15)18-23-16-13(2)25-26(3)17(16)19(24-18)27-9-11-29-12-10-27/h5-8H,4,9-12H2,1-3H3,(H2,21,22,28). The van der Waals surface area contributed by atoms with Crippen molar-refractivity contribution in [1.29, 1.82) is 0 Å². The third-order valence-corrected chi connectivity index (χ3v) is 4.88. The average Bonchev–Trinajstić information content (AvgIpc) is 3.02. The van der Waals surface area contributed by atoms with E-state index < -0.39 is 0 Å². The van der Waals surface area contributed by atoms with Crippen LogP contribution in [0.2, 0.25) is 0 Å². The molecule has 0 atom stereocenters. The van der Waals surface area contributed by atoms with Crippen molar-refractivity contribution in [2.45, 2.75) is 13.8 Å². The van der Waals surface area contributed by atoms with Crippen LogP contribution in [0.3, 0.4) is 0 Å². The third-order valence-electron chi connectivity index (χ3n) is 4.88. The van der Waals surface area contributed by atoms with E-state index in [4.69, 9.17) is 14.7 Å². The number of carbonyl (C=O) groups is 1. The molecule has 2 aromatic heterocycles. The molecule has 9 heteroatoms. The number of aryl methyl sites for hydroxylation is 2. The topological polar surface area (TPSA) is 97.2 Å². The van der Waals surface area contributed by atoms with Crippen LogP contribution in [0.4, 0.5) is 16.3 Å². The van der Waals surface area contributed by atoms with Crippen LogP contribution in [0, 0.1) is 6.92 Å². The number of aromatic nitrogens is 4. The molecule has 1 aromatic carbocycles. The van der Waals surface area contributed by atoms with Gasteiger partial charge in [-0.05, 0) is 38.1 Å². The van der Waals surface area contributed by atoms with E-state index in [2.05, 4.69) is 20.6 Å². The Morgan fingerprint density at radius 1 is 1.17 bits per heavy atom. The lowest BCUT2D eigenvalue weighted by Gasteiger charge is -2.28. The molecule has 0 saturated carbocycles. The highest BCUT2D eigenvalue weighted by molar-refractivity contribution is 5.91. The van der Waals surface area contributed by atoms with Gasteiger partial charge in [0, 0.05) is 37.9 Å². The molecule has 2 amide bonds. The SMILES string of the molecule is CCNC(=O)Nc1ccc(-c2nc(N3CCOCC3)c3c(n2)c(C)nn3C)cc1. The van der Waals surface area contributed by atoms with Gasteiger partial charge in [0.05, 0.1) is 18.9 Å². The highest BCUT2D eigenvalue weighted by atomic mass is 16.5. The van der Waals surface area contributed by atoms with Gasteiger partial charge in [0.25, 0.3) is 0 Å². The van der Waals surface area contributed by atoms with Gasteiger partial charge in [-0.15, -0.1) is 0 Å². The Kier molecular flexibility index (Phi) is 5.30. The first-order chi connectivity index (χ1) is 14.1. The van der Waals surface area contributed by atoms with Crippen molar-refractivity contribution in [2.24, 2.45) is 7.05 Å². The van der Waals surface area contributed by atoms with Crippen molar-refractivity contribution >= 4 is 28.6 Å². The Labute approximate surface area is 169 Å². The summed E-state index contributed by atoms with van der Waals surface area (Å²) >= 11 is 0. The first-order valence-corrected chi connectivity index (χ1v) is 9.76. The van der Waals surface area contributed by atoms with Gasteiger partial charge >= 0.3 is 6.03 Å². The number of hydrogen-bond donors (Lipinski definition) is 2. The van der Waals surface area contributed by atoms with E-state index in [0.29, 0.717) is 31.3 Å². The van der Waals surface area contributed by atoms with Gasteiger partial charge in [-0.1, -0.05) is 0 Å². The van der Waals surface area contributed by atoms with Gasteiger partial charge < -0.3 is 20.3 Å². The largest absolute Gasteiger partial charge is 0.378 e. The number of nitrogens with one attached hydrogen (secondary N) is 2. The average molecular weight is 395 g/mol. The molecular formula is C20H25N7O2. The molecule has 29 heavy (non-hydrogen) atoms. The number of fused-ring (bicyclic) bond motifs is 1. The van der Waals surface area contributed by atoms with Crippen LogP contribution < -0.4 is 15.5 Å². The molecule has 0 bridgehead atoms. The summed E-state index contributed by atoms with van der Waals surface area (Å²) in [7, 11) is 1.92. The highest BCUT2D eigenvalue weighted by Crippen LogP contribution is 2.30. The maximum Gasteiger partial charge on any atom is 0.319 e. The molecule has 1 aliphatic heterocycles. The monoisotopic (exact) mass is 395 g/mol. The normalized spacial score (nSPS) is 14.2. The fourth-order valence-corrected chi connectivity index (χ4v) is 3.48. The minimum Gasteiger partial charge on any atom is -0.378 e. The number of urea groups is 1. The Balaban J connectivity index is 1.72. The number of morpholine rings is 1. The summed E-state index contributed by atoms with van der Waals surface area (Å²) in [6.07, 6.45) is 0. The minimum absolute atomic E-state index is 0.224. The number of hydrogen-bond acceptors (Lipinski definition) is 6. The maximum atomic E-state index is 11.7. The molecule has 4 rings (SSSR count). The Morgan fingerprint density at radius 3 is 2.59 bits per heavy atom. The summed E-state index contributed by atoms with van der Waals surface area (Å²) in [6, 6.07) is 7.30. The van der Waals surface area contributed by atoms with Crippen molar-refractivity contribution in [2.75, 3.05) is 43.1 Å². The molecule has 1 saturated heterocycles. The number of carbonyl (C=O) groups excluding carboxylic acids is 1. The Morgan fingerprint density at radius 2 is 1.90 bits per heavy atom.